The summed E-state index contributed by atoms with van der Waals surface area (Å²) in [5.74, 6) is 0.0444. The Labute approximate surface area is 192 Å². The molecule has 0 aliphatic carbocycles. The van der Waals surface area contributed by atoms with Gasteiger partial charge < -0.3 is 15.5 Å². The lowest BCUT2D eigenvalue weighted by molar-refractivity contribution is -0.120. The zero-order valence-electron chi connectivity index (χ0n) is 17.5. The molecule has 0 aromatic heterocycles. The highest BCUT2D eigenvalue weighted by Crippen LogP contribution is 2.29. The Kier molecular flexibility index (Phi) is 6.68. The van der Waals surface area contributed by atoms with E-state index in [4.69, 9.17) is 11.6 Å². The van der Waals surface area contributed by atoms with Gasteiger partial charge in [0.2, 0.25) is 5.91 Å². The molecule has 0 unspecified atom stereocenters. The molecule has 2 heterocycles. The van der Waals surface area contributed by atoms with Crippen molar-refractivity contribution in [3.05, 3.63) is 58.6 Å². The number of amides is 2. The van der Waals surface area contributed by atoms with E-state index < -0.39 is 9.84 Å². The van der Waals surface area contributed by atoms with Crippen LogP contribution in [0.4, 0.5) is 11.4 Å². The Hall–Kier alpha value is -2.62. The number of carbonyl (C=O) groups excluding carboxylic acids is 2. The van der Waals surface area contributed by atoms with Crippen LogP contribution < -0.4 is 15.5 Å². The lowest BCUT2D eigenvalue weighted by Crippen LogP contribution is -2.47. The summed E-state index contributed by atoms with van der Waals surface area (Å²) in [4.78, 5) is 28.4. The van der Waals surface area contributed by atoms with Crippen LogP contribution in [0.15, 0.2) is 42.5 Å². The number of nitrogens with one attached hydrogen (secondary N) is 2. The van der Waals surface area contributed by atoms with Gasteiger partial charge in [-0.2, -0.15) is 0 Å². The minimum atomic E-state index is -2.92. The Balaban J connectivity index is 1.40. The number of hydrogen-bond acceptors (Lipinski definition) is 6. The number of benzene rings is 2. The predicted octanol–water partition coefficient (Wildman–Crippen LogP) is 1.76. The van der Waals surface area contributed by atoms with E-state index in [1.165, 1.54) is 0 Å². The van der Waals surface area contributed by atoms with Gasteiger partial charge in [0, 0.05) is 44.0 Å². The van der Waals surface area contributed by atoms with E-state index in [0.717, 1.165) is 11.3 Å². The molecule has 2 saturated heterocycles. The number of piperazine rings is 1. The number of anilines is 2. The van der Waals surface area contributed by atoms with Crippen molar-refractivity contribution in [3.63, 3.8) is 0 Å². The Morgan fingerprint density at radius 3 is 2.59 bits per heavy atom. The molecule has 2 amide bonds. The third-order valence-corrected chi connectivity index (χ3v) is 7.53. The van der Waals surface area contributed by atoms with Gasteiger partial charge in [-0.15, -0.1) is 0 Å². The van der Waals surface area contributed by atoms with Crippen LogP contribution >= 0.6 is 11.6 Å². The van der Waals surface area contributed by atoms with Crippen LogP contribution in [0.2, 0.25) is 5.02 Å². The molecule has 2 aromatic carbocycles. The van der Waals surface area contributed by atoms with Crippen molar-refractivity contribution in [2.45, 2.75) is 6.54 Å². The maximum absolute atomic E-state index is 12.8. The highest BCUT2D eigenvalue weighted by Gasteiger charge is 2.22. The van der Waals surface area contributed by atoms with Crippen LogP contribution in [0.1, 0.15) is 15.9 Å². The molecule has 2 aromatic rings. The molecule has 8 nitrogen and oxygen atoms in total. The molecule has 2 aliphatic rings. The number of halogens is 1. The first-order chi connectivity index (χ1) is 15.3. The van der Waals surface area contributed by atoms with Crippen molar-refractivity contribution in [2.75, 3.05) is 54.4 Å². The molecule has 0 bridgehead atoms. The molecule has 0 saturated carbocycles. The van der Waals surface area contributed by atoms with Crippen molar-refractivity contribution in [1.82, 2.24) is 10.2 Å². The van der Waals surface area contributed by atoms with Gasteiger partial charge in [0.15, 0.2) is 9.84 Å². The lowest BCUT2D eigenvalue weighted by atomic mass is 10.1. The summed E-state index contributed by atoms with van der Waals surface area (Å²) >= 11 is 6.42. The molecule has 10 heteroatoms. The summed E-state index contributed by atoms with van der Waals surface area (Å²) in [7, 11) is -2.92. The van der Waals surface area contributed by atoms with Gasteiger partial charge in [-0.1, -0.05) is 23.7 Å². The van der Waals surface area contributed by atoms with E-state index in [-0.39, 0.29) is 29.9 Å². The first-order valence-corrected chi connectivity index (χ1v) is 12.6. The third kappa shape index (κ3) is 5.59. The van der Waals surface area contributed by atoms with E-state index in [0.29, 0.717) is 49.0 Å². The zero-order chi connectivity index (χ0) is 22.7. The summed E-state index contributed by atoms with van der Waals surface area (Å²) in [6.07, 6.45) is 0. The van der Waals surface area contributed by atoms with Crippen LogP contribution in [0.3, 0.4) is 0 Å². The second-order valence-corrected chi connectivity index (χ2v) is 10.7. The van der Waals surface area contributed by atoms with Crippen LogP contribution in [-0.2, 0) is 21.2 Å². The Morgan fingerprint density at radius 2 is 1.88 bits per heavy atom. The quantitative estimate of drug-likeness (QED) is 0.682. The van der Waals surface area contributed by atoms with Crippen molar-refractivity contribution in [1.29, 1.82) is 0 Å². The molecule has 2 aliphatic heterocycles. The van der Waals surface area contributed by atoms with Crippen molar-refractivity contribution in [3.8, 4) is 0 Å². The Morgan fingerprint density at radius 1 is 1.09 bits per heavy atom. The van der Waals surface area contributed by atoms with Crippen LogP contribution in [0, 0.1) is 0 Å². The summed E-state index contributed by atoms with van der Waals surface area (Å²) < 4.78 is 23.2. The minimum Gasteiger partial charge on any atom is -0.359 e. The molecular formula is C22H25ClN4O4S. The molecule has 0 radical (unpaired) electrons. The standard InChI is InChI=1S/C22H25ClN4O4S/c23-19-13-18(4-5-20(19)27-7-6-24-21(28)15-27)25-22(29)17-3-1-2-16(12-17)14-26-8-10-32(30,31)11-9-26/h1-5,12-13H,6-11,14-15H2,(H,24,28)(H,25,29). The first kappa shape index (κ1) is 22.6. The van der Waals surface area contributed by atoms with Gasteiger partial charge in [0.25, 0.3) is 5.91 Å². The van der Waals surface area contributed by atoms with E-state index in [1.54, 1.807) is 24.3 Å². The number of nitrogens with zero attached hydrogens (tertiary/aromatic N) is 2. The van der Waals surface area contributed by atoms with Gasteiger partial charge in [0.05, 0.1) is 28.8 Å². The van der Waals surface area contributed by atoms with Gasteiger partial charge >= 0.3 is 0 Å². The number of sulfone groups is 1. The second-order valence-electron chi connectivity index (χ2n) is 8.02. The van der Waals surface area contributed by atoms with E-state index in [1.807, 2.05) is 23.1 Å². The van der Waals surface area contributed by atoms with Gasteiger partial charge in [-0.05, 0) is 35.9 Å². The number of hydrogen-bond donors (Lipinski definition) is 2. The van der Waals surface area contributed by atoms with Gasteiger partial charge in [-0.25, -0.2) is 8.42 Å². The summed E-state index contributed by atoms with van der Waals surface area (Å²) in [5.41, 5.74) is 2.79. The van der Waals surface area contributed by atoms with Crippen molar-refractivity contribution < 1.29 is 18.0 Å². The van der Waals surface area contributed by atoms with Crippen LogP contribution in [0.5, 0.6) is 0 Å². The first-order valence-electron chi connectivity index (χ1n) is 10.4. The lowest BCUT2D eigenvalue weighted by Gasteiger charge is -2.29. The average Bonchev–Trinajstić information content (AvgIpc) is 2.75. The largest absolute Gasteiger partial charge is 0.359 e. The van der Waals surface area contributed by atoms with E-state index in [2.05, 4.69) is 15.5 Å². The smallest absolute Gasteiger partial charge is 0.255 e. The SMILES string of the molecule is O=C1CN(c2ccc(NC(=O)c3cccc(CN4CCS(=O)(=O)CC4)c3)cc2Cl)CCN1. The molecule has 4 rings (SSSR count). The summed E-state index contributed by atoms with van der Waals surface area (Å²) in [5, 5.41) is 6.11. The van der Waals surface area contributed by atoms with Gasteiger partial charge in [0.1, 0.15) is 0 Å². The van der Waals surface area contributed by atoms with Crippen LogP contribution in [-0.4, -0.2) is 69.4 Å². The highest BCUT2D eigenvalue weighted by molar-refractivity contribution is 7.91. The van der Waals surface area contributed by atoms with Crippen molar-refractivity contribution >= 4 is 44.6 Å². The monoisotopic (exact) mass is 476 g/mol. The Bertz CT molecular complexity index is 1120. The normalized spacial score (nSPS) is 18.8. The summed E-state index contributed by atoms with van der Waals surface area (Å²) in [6.45, 7) is 3.09. The van der Waals surface area contributed by atoms with E-state index >= 15 is 0 Å². The van der Waals surface area contributed by atoms with Crippen molar-refractivity contribution in [2.24, 2.45) is 0 Å². The fourth-order valence-corrected chi connectivity index (χ4v) is 5.44. The van der Waals surface area contributed by atoms with Crippen LogP contribution in [0.25, 0.3) is 0 Å². The van der Waals surface area contributed by atoms with E-state index in [9.17, 15) is 18.0 Å². The highest BCUT2D eigenvalue weighted by atomic mass is 35.5. The van der Waals surface area contributed by atoms with Gasteiger partial charge in [-0.3, -0.25) is 14.5 Å². The number of rotatable bonds is 5. The average molecular weight is 477 g/mol. The molecule has 32 heavy (non-hydrogen) atoms. The fourth-order valence-electron chi connectivity index (χ4n) is 3.87. The maximum atomic E-state index is 12.8. The fraction of sp³-hybridized carbons (Fsp3) is 0.364. The molecule has 0 atom stereocenters. The number of carbonyl (C=O) groups is 2. The molecule has 2 fully saturated rings. The molecular weight excluding hydrogens is 452 g/mol. The zero-order valence-corrected chi connectivity index (χ0v) is 19.1. The minimum absolute atomic E-state index is 0.0456. The maximum Gasteiger partial charge on any atom is 0.255 e. The summed E-state index contributed by atoms with van der Waals surface area (Å²) in [6, 6.07) is 12.6. The third-order valence-electron chi connectivity index (χ3n) is 5.62. The second kappa shape index (κ2) is 9.48. The topological polar surface area (TPSA) is 98.8 Å². The predicted molar refractivity (Wildman–Crippen MR) is 125 cm³/mol. The molecule has 170 valence electrons. The molecule has 0 spiro atoms. The molecule has 2 N–H and O–H groups in total.